The molecule has 4 atom stereocenters. The fraction of sp³-hybridized carbons (Fsp3) is 0.556. The standard InChI is InChI=1S/C36H47N5O12/c1-6-7-11-41(35(50)53-16-52-34(49)17-9-8-10-17)15-23(42)38-21-14-22(39(2)3)19-12-18-13-20-27(40(4)5)30(45)26(33(37)48)32(47)36(20,51)31(46)24(18)29(44)25(19)28(21)43/h14,17-18,20,27,43-44,47,51H,6-13,15-16H2,1-5H3,(H2,37,48)(H,38,42)/t18-,20-,27-,36-/m0/s1. The molecule has 3 amide bonds. The summed E-state index contributed by atoms with van der Waals surface area (Å²) in [4.78, 5) is 82.4. The Kier molecular flexibility index (Phi) is 11.1. The minimum absolute atomic E-state index is 0.0474. The Morgan fingerprint density at radius 2 is 1.74 bits per heavy atom. The number of nitrogens with zero attached hydrogens (tertiary/aromatic N) is 3. The lowest BCUT2D eigenvalue weighted by Crippen LogP contribution is -2.65. The van der Waals surface area contributed by atoms with Gasteiger partial charge in [-0.2, -0.15) is 0 Å². The topological polar surface area (TPSA) is 250 Å². The second-order valence-electron chi connectivity index (χ2n) is 14.4. The molecule has 1 aromatic carbocycles. The number of aliphatic hydroxyl groups is 3. The summed E-state index contributed by atoms with van der Waals surface area (Å²) in [6.07, 6.45) is 2.65. The maximum atomic E-state index is 14.2. The van der Waals surface area contributed by atoms with Crippen LogP contribution >= 0.6 is 0 Å². The van der Waals surface area contributed by atoms with Crippen molar-refractivity contribution in [3.05, 3.63) is 34.1 Å². The Hall–Kier alpha value is -5.16. The number of phenolic OH excluding ortho intramolecular Hbond substituents is 1. The number of esters is 1. The Labute approximate surface area is 306 Å². The first kappa shape index (κ1) is 39.1. The van der Waals surface area contributed by atoms with Gasteiger partial charge >= 0.3 is 12.1 Å². The number of Topliss-reactive ketones (excluding diaryl/α,β-unsaturated/α-hetero) is 2. The van der Waals surface area contributed by atoms with Crippen molar-refractivity contribution >= 4 is 52.6 Å². The van der Waals surface area contributed by atoms with Crippen LogP contribution in [0.5, 0.6) is 5.75 Å². The van der Waals surface area contributed by atoms with E-state index in [9.17, 15) is 49.2 Å². The zero-order chi connectivity index (χ0) is 39.1. The maximum absolute atomic E-state index is 14.2. The summed E-state index contributed by atoms with van der Waals surface area (Å²) in [5.74, 6) is -9.31. The summed E-state index contributed by atoms with van der Waals surface area (Å²) in [6.45, 7) is 0.911. The zero-order valence-corrected chi connectivity index (χ0v) is 30.4. The minimum Gasteiger partial charge on any atom is -0.508 e. The number of aliphatic hydroxyl groups excluding tert-OH is 2. The fourth-order valence-electron chi connectivity index (χ4n) is 7.72. The summed E-state index contributed by atoms with van der Waals surface area (Å²) in [5, 5.41) is 48.8. The lowest BCUT2D eigenvalue weighted by atomic mass is 9.57. The smallest absolute Gasteiger partial charge is 0.413 e. The van der Waals surface area contributed by atoms with Crippen LogP contribution in [0.4, 0.5) is 16.2 Å². The van der Waals surface area contributed by atoms with E-state index in [2.05, 4.69) is 5.32 Å². The molecule has 4 aliphatic rings. The average Bonchev–Trinajstić information content (AvgIpc) is 3.04. The van der Waals surface area contributed by atoms with Gasteiger partial charge in [0.15, 0.2) is 11.4 Å². The third-order valence-corrected chi connectivity index (χ3v) is 10.6. The summed E-state index contributed by atoms with van der Waals surface area (Å²) in [7, 11) is 6.42. The quantitative estimate of drug-likeness (QED) is 0.0770. The largest absolute Gasteiger partial charge is 0.508 e. The normalized spacial score (nSPS) is 23.8. The van der Waals surface area contributed by atoms with E-state index in [1.165, 1.54) is 25.1 Å². The van der Waals surface area contributed by atoms with Crippen LogP contribution in [0.3, 0.4) is 0 Å². The molecule has 0 saturated heterocycles. The van der Waals surface area contributed by atoms with Crippen LogP contribution in [0.25, 0.3) is 5.76 Å². The molecule has 17 nitrogen and oxygen atoms in total. The first-order valence-corrected chi connectivity index (χ1v) is 17.5. The van der Waals surface area contributed by atoms with E-state index in [1.54, 1.807) is 19.0 Å². The van der Waals surface area contributed by atoms with Gasteiger partial charge in [0.25, 0.3) is 5.91 Å². The average molecular weight is 742 g/mol. The molecule has 0 aromatic heterocycles. The van der Waals surface area contributed by atoms with Crippen LogP contribution in [-0.4, -0.2) is 125 Å². The van der Waals surface area contributed by atoms with Crippen molar-refractivity contribution in [2.75, 3.05) is 58.3 Å². The molecule has 7 N–H and O–H groups in total. The first-order valence-electron chi connectivity index (χ1n) is 17.5. The molecule has 4 aliphatic carbocycles. The van der Waals surface area contributed by atoms with Gasteiger partial charge in [0, 0.05) is 37.8 Å². The second-order valence-corrected chi connectivity index (χ2v) is 14.4. The number of likely N-dealkylation sites (N-methyl/N-ethyl adjacent to an activating group) is 1. The summed E-state index contributed by atoms with van der Waals surface area (Å²) in [5.41, 5.74) is 1.81. The lowest BCUT2D eigenvalue weighted by molar-refractivity contribution is -0.160. The van der Waals surface area contributed by atoms with Crippen LogP contribution in [0.15, 0.2) is 23.0 Å². The van der Waals surface area contributed by atoms with Gasteiger partial charge in [-0.05, 0) is 63.7 Å². The molecule has 0 unspecified atom stereocenters. The van der Waals surface area contributed by atoms with Crippen molar-refractivity contribution in [1.29, 1.82) is 0 Å². The van der Waals surface area contributed by atoms with Crippen molar-refractivity contribution < 1.29 is 58.7 Å². The van der Waals surface area contributed by atoms with Crippen molar-refractivity contribution in [2.45, 2.75) is 63.5 Å². The molecule has 288 valence electrons. The van der Waals surface area contributed by atoms with Gasteiger partial charge in [0.05, 0.1) is 23.2 Å². The van der Waals surface area contributed by atoms with Gasteiger partial charge < -0.3 is 45.9 Å². The number of unbranched alkanes of at least 4 members (excludes halogenated alkanes) is 1. The lowest BCUT2D eigenvalue weighted by Gasteiger charge is -2.50. The van der Waals surface area contributed by atoms with Gasteiger partial charge in [0.2, 0.25) is 18.5 Å². The SMILES string of the molecule is CCCCN(CC(=O)Nc1cc(N(C)C)c2c(c1O)C(O)=C1C(=O)[C@]3(O)C(O)=C(C(N)=O)C(=O)[C@@H](N(C)C)[C@@H]3C[C@@H]1C2)C(=O)OCOC(=O)C1CCC1. The number of benzene rings is 1. The van der Waals surface area contributed by atoms with Gasteiger partial charge in [-0.25, -0.2) is 4.79 Å². The molecule has 53 heavy (non-hydrogen) atoms. The number of hydrogen-bond donors (Lipinski definition) is 6. The highest BCUT2D eigenvalue weighted by Gasteiger charge is 2.64. The van der Waals surface area contributed by atoms with E-state index in [0.717, 1.165) is 11.3 Å². The van der Waals surface area contributed by atoms with Gasteiger partial charge in [-0.15, -0.1) is 0 Å². The van der Waals surface area contributed by atoms with Crippen molar-refractivity contribution in [3.8, 4) is 5.75 Å². The first-order chi connectivity index (χ1) is 24.9. The van der Waals surface area contributed by atoms with E-state index in [-0.39, 0.29) is 42.1 Å². The van der Waals surface area contributed by atoms with Crippen molar-refractivity contribution in [1.82, 2.24) is 9.80 Å². The predicted molar refractivity (Wildman–Crippen MR) is 188 cm³/mol. The number of aromatic hydroxyl groups is 1. The third-order valence-electron chi connectivity index (χ3n) is 10.6. The molecule has 0 bridgehead atoms. The monoisotopic (exact) mass is 741 g/mol. The van der Waals surface area contributed by atoms with E-state index >= 15 is 0 Å². The highest BCUT2D eigenvalue weighted by atomic mass is 16.7. The fourth-order valence-corrected chi connectivity index (χ4v) is 7.72. The highest BCUT2D eigenvalue weighted by Crippen LogP contribution is 2.54. The number of ketones is 2. The number of hydrogen-bond acceptors (Lipinski definition) is 14. The van der Waals surface area contributed by atoms with E-state index in [4.69, 9.17) is 15.2 Å². The molecule has 0 aliphatic heterocycles. The molecular formula is C36H47N5O12. The molecule has 2 saturated carbocycles. The van der Waals surface area contributed by atoms with E-state index < -0.39 is 95.1 Å². The highest BCUT2D eigenvalue weighted by molar-refractivity contribution is 6.24. The van der Waals surface area contributed by atoms with Crippen LogP contribution < -0.4 is 16.0 Å². The zero-order valence-electron chi connectivity index (χ0n) is 30.4. The molecule has 1 aromatic rings. The number of ether oxygens (including phenoxy) is 2. The molecule has 5 rings (SSSR count). The van der Waals surface area contributed by atoms with E-state index in [1.807, 2.05) is 6.92 Å². The Bertz CT molecular complexity index is 1800. The molecule has 17 heteroatoms. The molecule has 0 radical (unpaired) electrons. The number of carbonyl (C=O) groups is 6. The third kappa shape index (κ3) is 6.90. The molecule has 2 fully saturated rings. The number of amides is 3. The molecular weight excluding hydrogens is 694 g/mol. The van der Waals surface area contributed by atoms with Crippen LogP contribution in [0.1, 0.15) is 56.6 Å². The van der Waals surface area contributed by atoms with Gasteiger partial charge in [-0.3, -0.25) is 33.8 Å². The predicted octanol–water partition coefficient (Wildman–Crippen LogP) is 1.51. The number of fused-ring (bicyclic) bond motifs is 3. The second kappa shape index (κ2) is 15.1. The van der Waals surface area contributed by atoms with E-state index in [0.29, 0.717) is 36.9 Å². The Morgan fingerprint density at radius 3 is 2.30 bits per heavy atom. The number of anilines is 2. The minimum atomic E-state index is -2.80. The van der Waals surface area contributed by atoms with Crippen LogP contribution in [0.2, 0.25) is 0 Å². The number of rotatable bonds is 12. The van der Waals surface area contributed by atoms with Crippen LogP contribution in [0, 0.1) is 17.8 Å². The van der Waals surface area contributed by atoms with Crippen molar-refractivity contribution in [3.63, 3.8) is 0 Å². The molecule has 0 spiro atoms. The summed E-state index contributed by atoms with van der Waals surface area (Å²) < 4.78 is 10.2. The summed E-state index contributed by atoms with van der Waals surface area (Å²) in [6, 6.07) is 0.253. The van der Waals surface area contributed by atoms with Gasteiger partial charge in [0.1, 0.15) is 29.4 Å². The number of nitrogens with one attached hydrogen (secondary N) is 1. The maximum Gasteiger partial charge on any atom is 0.413 e. The number of nitrogens with two attached hydrogens (primary N) is 1. The Balaban J connectivity index is 1.46. The van der Waals surface area contributed by atoms with Crippen molar-refractivity contribution in [2.24, 2.45) is 23.5 Å². The molecule has 0 heterocycles. The summed E-state index contributed by atoms with van der Waals surface area (Å²) >= 11 is 0. The number of carbonyl (C=O) groups excluding carboxylic acids is 6. The Morgan fingerprint density at radius 1 is 1.06 bits per heavy atom. The number of phenols is 1. The van der Waals surface area contributed by atoms with Gasteiger partial charge in [-0.1, -0.05) is 19.8 Å². The number of primary amides is 1. The van der Waals surface area contributed by atoms with Crippen LogP contribution in [-0.2, 0) is 39.9 Å².